The maximum Gasteiger partial charge on any atom is 0.226 e. The largest absolute Gasteiger partial charge is 0.481 e. The number of hydrogen-bond donors (Lipinski definition) is 1. The van der Waals surface area contributed by atoms with Crippen LogP contribution in [0.25, 0.3) is 0 Å². The highest BCUT2D eigenvalue weighted by Gasteiger charge is 2.19. The number of halogens is 1. The SMILES string of the molecule is COc1ccnc(N[C@@H](c2ccc(Cl)cc2)c2nccn2C)n1. The van der Waals surface area contributed by atoms with Gasteiger partial charge in [-0.25, -0.2) is 9.97 Å². The average molecular weight is 330 g/mol. The van der Waals surface area contributed by atoms with Gasteiger partial charge in [0.1, 0.15) is 11.9 Å². The number of methoxy groups -OCH3 is 1. The number of nitrogens with zero attached hydrogens (tertiary/aromatic N) is 4. The molecule has 3 aromatic rings. The van der Waals surface area contributed by atoms with E-state index in [1.54, 1.807) is 25.6 Å². The number of imidazole rings is 1. The predicted octanol–water partition coefficient (Wildman–Crippen LogP) is 3.07. The summed E-state index contributed by atoms with van der Waals surface area (Å²) in [7, 11) is 3.51. The van der Waals surface area contributed by atoms with E-state index < -0.39 is 0 Å². The van der Waals surface area contributed by atoms with Gasteiger partial charge in [-0.05, 0) is 17.7 Å². The minimum Gasteiger partial charge on any atom is -0.481 e. The van der Waals surface area contributed by atoms with Crippen LogP contribution in [0.15, 0.2) is 48.9 Å². The van der Waals surface area contributed by atoms with Gasteiger partial charge in [0, 0.05) is 36.7 Å². The molecular weight excluding hydrogens is 314 g/mol. The minimum atomic E-state index is -0.209. The summed E-state index contributed by atoms with van der Waals surface area (Å²) in [5, 5.41) is 3.99. The first kappa shape index (κ1) is 15.3. The van der Waals surface area contributed by atoms with E-state index in [4.69, 9.17) is 16.3 Å². The van der Waals surface area contributed by atoms with Crippen LogP contribution < -0.4 is 10.1 Å². The van der Waals surface area contributed by atoms with Crippen LogP contribution in [0.1, 0.15) is 17.4 Å². The Morgan fingerprint density at radius 1 is 1.13 bits per heavy atom. The number of anilines is 1. The highest BCUT2D eigenvalue weighted by atomic mass is 35.5. The van der Waals surface area contributed by atoms with Gasteiger partial charge in [-0.3, -0.25) is 0 Å². The molecule has 1 N–H and O–H groups in total. The second kappa shape index (κ2) is 6.66. The second-order valence-electron chi connectivity index (χ2n) is 4.95. The van der Waals surface area contributed by atoms with Crippen molar-refractivity contribution in [3.63, 3.8) is 0 Å². The van der Waals surface area contributed by atoms with Gasteiger partial charge in [-0.1, -0.05) is 23.7 Å². The maximum absolute atomic E-state index is 5.99. The average Bonchev–Trinajstić information content (AvgIpc) is 3.00. The van der Waals surface area contributed by atoms with Crippen LogP contribution in [-0.2, 0) is 7.05 Å². The molecular formula is C16H16ClN5O. The monoisotopic (exact) mass is 329 g/mol. The van der Waals surface area contributed by atoms with Gasteiger partial charge < -0.3 is 14.6 Å². The molecule has 0 amide bonds. The highest BCUT2D eigenvalue weighted by molar-refractivity contribution is 6.30. The third-order valence-electron chi connectivity index (χ3n) is 3.43. The summed E-state index contributed by atoms with van der Waals surface area (Å²) in [6.45, 7) is 0. The first-order valence-electron chi connectivity index (χ1n) is 7.03. The van der Waals surface area contributed by atoms with Gasteiger partial charge in [0.15, 0.2) is 0 Å². The van der Waals surface area contributed by atoms with E-state index in [0.717, 1.165) is 11.4 Å². The molecule has 7 heteroatoms. The Labute approximate surface area is 139 Å². The van der Waals surface area contributed by atoms with Crippen LogP contribution in [0.2, 0.25) is 5.02 Å². The fourth-order valence-electron chi connectivity index (χ4n) is 2.26. The number of nitrogens with one attached hydrogen (secondary N) is 1. The van der Waals surface area contributed by atoms with Crippen molar-refractivity contribution in [3.05, 3.63) is 65.3 Å². The lowest BCUT2D eigenvalue weighted by molar-refractivity contribution is 0.397. The summed E-state index contributed by atoms with van der Waals surface area (Å²) in [6.07, 6.45) is 5.30. The molecule has 1 aromatic carbocycles. The molecule has 0 saturated heterocycles. The van der Waals surface area contributed by atoms with E-state index in [-0.39, 0.29) is 6.04 Å². The van der Waals surface area contributed by atoms with Crippen LogP contribution in [0.3, 0.4) is 0 Å². The minimum absolute atomic E-state index is 0.209. The molecule has 23 heavy (non-hydrogen) atoms. The number of ether oxygens (including phenoxy) is 1. The Morgan fingerprint density at radius 3 is 2.57 bits per heavy atom. The van der Waals surface area contributed by atoms with Crippen molar-refractivity contribution in [2.24, 2.45) is 7.05 Å². The van der Waals surface area contributed by atoms with Crippen molar-refractivity contribution >= 4 is 17.5 Å². The number of hydrogen-bond acceptors (Lipinski definition) is 5. The predicted molar refractivity (Wildman–Crippen MR) is 88.7 cm³/mol. The first-order valence-corrected chi connectivity index (χ1v) is 7.41. The summed E-state index contributed by atoms with van der Waals surface area (Å²) in [6, 6.07) is 9.09. The number of rotatable bonds is 5. The van der Waals surface area contributed by atoms with Gasteiger partial charge in [0.25, 0.3) is 0 Å². The van der Waals surface area contributed by atoms with Crippen LogP contribution in [0.4, 0.5) is 5.95 Å². The Balaban J connectivity index is 1.98. The van der Waals surface area contributed by atoms with E-state index in [9.17, 15) is 0 Å². The fraction of sp³-hybridized carbons (Fsp3) is 0.188. The molecule has 0 fully saturated rings. The quantitative estimate of drug-likeness (QED) is 0.779. The van der Waals surface area contributed by atoms with Gasteiger partial charge in [0.2, 0.25) is 11.8 Å². The number of aromatic nitrogens is 4. The van der Waals surface area contributed by atoms with E-state index >= 15 is 0 Å². The lowest BCUT2D eigenvalue weighted by Crippen LogP contribution is -2.18. The summed E-state index contributed by atoms with van der Waals surface area (Å²) >= 11 is 5.99. The first-order chi connectivity index (χ1) is 11.2. The van der Waals surface area contributed by atoms with Crippen molar-refractivity contribution in [2.45, 2.75) is 6.04 Å². The highest BCUT2D eigenvalue weighted by Crippen LogP contribution is 2.25. The number of aryl methyl sites for hydroxylation is 1. The Hall–Kier alpha value is -2.60. The third-order valence-corrected chi connectivity index (χ3v) is 3.68. The van der Waals surface area contributed by atoms with Crippen molar-refractivity contribution in [1.29, 1.82) is 0 Å². The van der Waals surface area contributed by atoms with Crippen molar-refractivity contribution in [1.82, 2.24) is 19.5 Å². The van der Waals surface area contributed by atoms with Crippen molar-refractivity contribution < 1.29 is 4.74 Å². The summed E-state index contributed by atoms with van der Waals surface area (Å²) in [5.74, 6) is 1.81. The summed E-state index contributed by atoms with van der Waals surface area (Å²) in [5.41, 5.74) is 1.01. The third kappa shape index (κ3) is 3.43. The van der Waals surface area contributed by atoms with E-state index in [1.807, 2.05) is 42.1 Å². The summed E-state index contributed by atoms with van der Waals surface area (Å²) < 4.78 is 7.09. The topological polar surface area (TPSA) is 64.9 Å². The molecule has 118 valence electrons. The Bertz CT molecular complexity index is 787. The van der Waals surface area contributed by atoms with Crippen LogP contribution in [0, 0.1) is 0 Å². The van der Waals surface area contributed by atoms with Gasteiger partial charge in [0.05, 0.1) is 7.11 Å². The molecule has 2 heterocycles. The molecule has 0 aliphatic heterocycles. The van der Waals surface area contributed by atoms with Crippen LogP contribution in [0.5, 0.6) is 5.88 Å². The van der Waals surface area contributed by atoms with Crippen molar-refractivity contribution in [2.75, 3.05) is 12.4 Å². The lowest BCUT2D eigenvalue weighted by atomic mass is 10.1. The fourth-order valence-corrected chi connectivity index (χ4v) is 2.39. The van der Waals surface area contributed by atoms with Crippen LogP contribution in [-0.4, -0.2) is 26.6 Å². The van der Waals surface area contributed by atoms with E-state index in [1.165, 1.54) is 0 Å². The molecule has 6 nitrogen and oxygen atoms in total. The van der Waals surface area contributed by atoms with Gasteiger partial charge >= 0.3 is 0 Å². The van der Waals surface area contributed by atoms with E-state index in [2.05, 4.69) is 20.3 Å². The van der Waals surface area contributed by atoms with Crippen molar-refractivity contribution in [3.8, 4) is 5.88 Å². The zero-order valence-electron chi connectivity index (χ0n) is 12.8. The van der Waals surface area contributed by atoms with E-state index in [0.29, 0.717) is 16.9 Å². The molecule has 0 bridgehead atoms. The maximum atomic E-state index is 5.99. The zero-order valence-corrected chi connectivity index (χ0v) is 13.5. The Morgan fingerprint density at radius 2 is 1.91 bits per heavy atom. The molecule has 0 aliphatic carbocycles. The molecule has 0 unspecified atom stereocenters. The summed E-state index contributed by atoms with van der Waals surface area (Å²) in [4.78, 5) is 13.0. The lowest BCUT2D eigenvalue weighted by Gasteiger charge is -2.19. The molecule has 0 spiro atoms. The molecule has 0 radical (unpaired) electrons. The second-order valence-corrected chi connectivity index (χ2v) is 5.38. The normalized spacial score (nSPS) is 12.0. The smallest absolute Gasteiger partial charge is 0.226 e. The van der Waals surface area contributed by atoms with Gasteiger partial charge in [-0.15, -0.1) is 0 Å². The molecule has 0 aliphatic rings. The molecule has 1 atom stereocenters. The molecule has 2 aromatic heterocycles. The standard InChI is InChI=1S/C16H16ClN5O/c1-22-10-9-18-15(22)14(11-3-5-12(17)6-4-11)21-16-19-8-7-13(20-16)23-2/h3-10,14H,1-2H3,(H,19,20,21)/t14-/m0/s1. The van der Waals surface area contributed by atoms with Crippen LogP contribution >= 0.6 is 11.6 Å². The molecule has 0 saturated carbocycles. The molecule has 3 rings (SSSR count). The van der Waals surface area contributed by atoms with Gasteiger partial charge in [-0.2, -0.15) is 4.98 Å². The number of benzene rings is 1. The Kier molecular flexibility index (Phi) is 4.43. The zero-order chi connectivity index (χ0) is 16.2.